The van der Waals surface area contributed by atoms with Crippen molar-refractivity contribution in [2.45, 2.75) is 0 Å². The van der Waals surface area contributed by atoms with Crippen LogP contribution in [-0.4, -0.2) is 15.2 Å². The Morgan fingerprint density at radius 3 is 2.55 bits per heavy atom. The van der Waals surface area contributed by atoms with E-state index in [0.29, 0.717) is 27.5 Å². The molecule has 0 fully saturated rings. The Morgan fingerprint density at radius 2 is 1.80 bits per heavy atom. The molecule has 0 unspecified atom stereocenters. The molecule has 0 aliphatic heterocycles. The molecule has 0 aliphatic rings. The number of hydrogen-bond donors (Lipinski definition) is 2. The number of anilines is 2. The zero-order chi connectivity index (χ0) is 13.9. The fraction of sp³-hybridized carbons (Fsp3) is 0. The van der Waals surface area contributed by atoms with E-state index in [4.69, 9.17) is 23.2 Å². The molecule has 0 radical (unpaired) electrons. The molecule has 1 aromatic heterocycles. The molecule has 0 saturated carbocycles. The molecule has 0 atom stereocenters. The maximum absolute atomic E-state index is 6.09. The topological polar surface area (TPSA) is 53.6 Å². The Kier molecular flexibility index (Phi) is 3.58. The SMILES string of the molecule is Clc1ccc(Nc2n[nH]c(-c3ccccc3)n2)c(Cl)c1. The van der Waals surface area contributed by atoms with E-state index in [1.807, 2.05) is 30.3 Å². The summed E-state index contributed by atoms with van der Waals surface area (Å²) in [6.45, 7) is 0. The highest BCUT2D eigenvalue weighted by molar-refractivity contribution is 6.36. The zero-order valence-electron chi connectivity index (χ0n) is 10.3. The lowest BCUT2D eigenvalue weighted by molar-refractivity contribution is 1.10. The molecule has 0 bridgehead atoms. The quantitative estimate of drug-likeness (QED) is 0.748. The second kappa shape index (κ2) is 5.53. The monoisotopic (exact) mass is 304 g/mol. The van der Waals surface area contributed by atoms with Gasteiger partial charge in [0.2, 0.25) is 5.95 Å². The molecule has 0 amide bonds. The Labute approximate surface area is 125 Å². The van der Waals surface area contributed by atoms with E-state index in [2.05, 4.69) is 20.5 Å². The summed E-state index contributed by atoms with van der Waals surface area (Å²) in [7, 11) is 0. The van der Waals surface area contributed by atoms with Crippen LogP contribution in [0.3, 0.4) is 0 Å². The summed E-state index contributed by atoms with van der Waals surface area (Å²) in [5, 5.41) is 11.1. The number of hydrogen-bond acceptors (Lipinski definition) is 3. The van der Waals surface area contributed by atoms with Crippen molar-refractivity contribution in [3.05, 3.63) is 58.6 Å². The van der Waals surface area contributed by atoms with Crippen LogP contribution >= 0.6 is 23.2 Å². The van der Waals surface area contributed by atoms with Gasteiger partial charge in [0.1, 0.15) is 0 Å². The summed E-state index contributed by atoms with van der Waals surface area (Å²) in [4.78, 5) is 4.37. The first-order valence-corrected chi connectivity index (χ1v) is 6.68. The third kappa shape index (κ3) is 2.76. The van der Waals surface area contributed by atoms with Gasteiger partial charge in [0, 0.05) is 10.6 Å². The number of H-pyrrole nitrogens is 1. The minimum atomic E-state index is 0.452. The van der Waals surface area contributed by atoms with Crippen LogP contribution in [0.5, 0.6) is 0 Å². The lowest BCUT2D eigenvalue weighted by atomic mass is 10.2. The zero-order valence-corrected chi connectivity index (χ0v) is 11.8. The minimum absolute atomic E-state index is 0.452. The summed E-state index contributed by atoms with van der Waals surface area (Å²) in [5.41, 5.74) is 1.67. The normalized spacial score (nSPS) is 10.5. The molecule has 3 aromatic rings. The van der Waals surface area contributed by atoms with Crippen LogP contribution in [0.25, 0.3) is 11.4 Å². The fourth-order valence-corrected chi connectivity index (χ4v) is 2.21. The predicted molar refractivity (Wildman–Crippen MR) is 81.6 cm³/mol. The van der Waals surface area contributed by atoms with Crippen LogP contribution in [0.2, 0.25) is 10.0 Å². The van der Waals surface area contributed by atoms with Gasteiger partial charge in [-0.15, -0.1) is 5.10 Å². The Hall–Kier alpha value is -2.04. The Morgan fingerprint density at radius 1 is 1.00 bits per heavy atom. The average Bonchev–Trinajstić information content (AvgIpc) is 2.92. The van der Waals surface area contributed by atoms with E-state index >= 15 is 0 Å². The second-order valence-corrected chi connectivity index (χ2v) is 4.97. The van der Waals surface area contributed by atoms with Gasteiger partial charge in [0.05, 0.1) is 10.7 Å². The second-order valence-electron chi connectivity index (χ2n) is 4.12. The van der Waals surface area contributed by atoms with Crippen LogP contribution in [0, 0.1) is 0 Å². The van der Waals surface area contributed by atoms with E-state index in [1.54, 1.807) is 18.2 Å². The largest absolute Gasteiger partial charge is 0.322 e. The molecule has 4 nitrogen and oxygen atoms in total. The summed E-state index contributed by atoms with van der Waals surface area (Å²) in [5.74, 6) is 1.14. The summed E-state index contributed by atoms with van der Waals surface area (Å²) < 4.78 is 0. The number of rotatable bonds is 3. The molecule has 2 N–H and O–H groups in total. The molecule has 20 heavy (non-hydrogen) atoms. The van der Waals surface area contributed by atoms with Crippen LogP contribution in [0.1, 0.15) is 0 Å². The standard InChI is InChI=1S/C14H10Cl2N4/c15-10-6-7-12(11(16)8-10)17-14-18-13(19-20-14)9-4-2-1-3-5-9/h1-8H,(H2,17,18,19,20). The summed E-state index contributed by atoms with van der Waals surface area (Å²) >= 11 is 11.9. The molecule has 0 saturated heterocycles. The number of benzene rings is 2. The molecule has 3 rings (SSSR count). The van der Waals surface area contributed by atoms with Gasteiger partial charge < -0.3 is 5.32 Å². The van der Waals surface area contributed by atoms with Gasteiger partial charge >= 0.3 is 0 Å². The Bertz CT molecular complexity index is 725. The van der Waals surface area contributed by atoms with E-state index in [1.165, 1.54) is 0 Å². The van der Waals surface area contributed by atoms with Gasteiger partial charge in [-0.3, -0.25) is 5.10 Å². The molecular weight excluding hydrogens is 295 g/mol. The van der Waals surface area contributed by atoms with Gasteiger partial charge in [0.25, 0.3) is 0 Å². The molecule has 1 heterocycles. The van der Waals surface area contributed by atoms with E-state index in [-0.39, 0.29) is 0 Å². The third-order valence-corrected chi connectivity index (χ3v) is 3.26. The summed E-state index contributed by atoms with van der Waals surface area (Å²) in [6, 6.07) is 15.0. The third-order valence-electron chi connectivity index (χ3n) is 2.71. The Balaban J connectivity index is 1.84. The highest BCUT2D eigenvalue weighted by Crippen LogP contribution is 2.27. The number of halogens is 2. The van der Waals surface area contributed by atoms with Crippen molar-refractivity contribution >= 4 is 34.8 Å². The maximum Gasteiger partial charge on any atom is 0.246 e. The van der Waals surface area contributed by atoms with Gasteiger partial charge in [-0.1, -0.05) is 53.5 Å². The first-order chi connectivity index (χ1) is 9.72. The van der Waals surface area contributed by atoms with Gasteiger partial charge in [0.15, 0.2) is 5.82 Å². The molecule has 2 aromatic carbocycles. The van der Waals surface area contributed by atoms with E-state index < -0.39 is 0 Å². The van der Waals surface area contributed by atoms with Crippen LogP contribution in [0.4, 0.5) is 11.6 Å². The van der Waals surface area contributed by atoms with Gasteiger partial charge in [-0.25, -0.2) is 0 Å². The van der Waals surface area contributed by atoms with Crippen molar-refractivity contribution in [2.75, 3.05) is 5.32 Å². The predicted octanol–water partition coefficient (Wildman–Crippen LogP) is 4.52. The van der Waals surface area contributed by atoms with E-state index in [0.717, 1.165) is 5.56 Å². The highest BCUT2D eigenvalue weighted by Gasteiger charge is 2.07. The van der Waals surface area contributed by atoms with Gasteiger partial charge in [-0.05, 0) is 18.2 Å². The van der Waals surface area contributed by atoms with Crippen molar-refractivity contribution in [1.29, 1.82) is 0 Å². The molecule has 0 spiro atoms. The van der Waals surface area contributed by atoms with Crippen molar-refractivity contribution in [3.63, 3.8) is 0 Å². The van der Waals surface area contributed by atoms with Crippen molar-refractivity contribution < 1.29 is 0 Å². The van der Waals surface area contributed by atoms with Crippen molar-refractivity contribution in [2.24, 2.45) is 0 Å². The first-order valence-electron chi connectivity index (χ1n) is 5.92. The fourth-order valence-electron chi connectivity index (χ4n) is 1.75. The molecule has 0 aliphatic carbocycles. The first kappa shape index (κ1) is 13.0. The number of nitrogens with zero attached hydrogens (tertiary/aromatic N) is 2. The number of nitrogens with one attached hydrogen (secondary N) is 2. The van der Waals surface area contributed by atoms with Crippen molar-refractivity contribution in [1.82, 2.24) is 15.2 Å². The van der Waals surface area contributed by atoms with Crippen LogP contribution in [0.15, 0.2) is 48.5 Å². The average molecular weight is 305 g/mol. The smallest absolute Gasteiger partial charge is 0.246 e. The molecular formula is C14H10Cl2N4. The lowest BCUT2D eigenvalue weighted by Crippen LogP contribution is -1.93. The van der Waals surface area contributed by atoms with Crippen LogP contribution < -0.4 is 5.32 Å². The van der Waals surface area contributed by atoms with E-state index in [9.17, 15) is 0 Å². The van der Waals surface area contributed by atoms with Crippen LogP contribution in [-0.2, 0) is 0 Å². The number of aromatic nitrogens is 3. The molecule has 100 valence electrons. The number of aromatic amines is 1. The summed E-state index contributed by atoms with van der Waals surface area (Å²) in [6.07, 6.45) is 0. The lowest BCUT2D eigenvalue weighted by Gasteiger charge is -2.04. The van der Waals surface area contributed by atoms with Crippen molar-refractivity contribution in [3.8, 4) is 11.4 Å². The minimum Gasteiger partial charge on any atom is -0.322 e. The maximum atomic E-state index is 6.09. The van der Waals surface area contributed by atoms with Gasteiger partial charge in [-0.2, -0.15) is 4.98 Å². The highest BCUT2D eigenvalue weighted by atomic mass is 35.5. The molecule has 6 heteroatoms.